The minimum Gasteiger partial charge on any atom is -0.493 e. The Hall–Kier alpha value is -4.53. The number of thiocarbonyl (C=S) groups is 1. The van der Waals surface area contributed by atoms with Crippen molar-refractivity contribution in [3.8, 4) is 17.2 Å². The minimum atomic E-state index is -0.971. The van der Waals surface area contributed by atoms with Gasteiger partial charge in [0, 0.05) is 17.7 Å². The summed E-state index contributed by atoms with van der Waals surface area (Å²) in [6.45, 7) is 0. The molecule has 0 heterocycles. The van der Waals surface area contributed by atoms with Crippen LogP contribution in [0.1, 0.15) is 20.7 Å². The quantitative estimate of drug-likeness (QED) is 0.297. The molecule has 0 saturated carbocycles. The Labute approximate surface area is 191 Å². The van der Waals surface area contributed by atoms with E-state index in [2.05, 4.69) is 16.2 Å². The molecule has 0 aliphatic heterocycles. The summed E-state index contributed by atoms with van der Waals surface area (Å²) < 4.78 is 15.5. The van der Waals surface area contributed by atoms with Gasteiger partial charge in [0.2, 0.25) is 5.75 Å². The fourth-order valence-corrected chi connectivity index (χ4v) is 2.69. The van der Waals surface area contributed by atoms with Crippen molar-refractivity contribution in [1.29, 1.82) is 0 Å². The standard InChI is InChI=1S/C18H17N5O9S/c1-30-13-6-10(7-14(31-2)15(13)32-3)17(25)20-21-18(33)19-16(24)9-4-11(22(26)27)8-12(5-9)23(28)29/h4-8H,1-3H3,(H,20,25)(H2,19,21,24,33). The lowest BCUT2D eigenvalue weighted by molar-refractivity contribution is -0.394. The first-order chi connectivity index (χ1) is 15.6. The minimum absolute atomic E-state index is 0.0976. The predicted molar refractivity (Wildman–Crippen MR) is 117 cm³/mol. The van der Waals surface area contributed by atoms with Crippen LogP contribution in [0.2, 0.25) is 0 Å². The molecule has 15 heteroatoms. The number of nitrogens with zero attached hydrogens (tertiary/aromatic N) is 2. The van der Waals surface area contributed by atoms with Gasteiger partial charge in [0.25, 0.3) is 23.2 Å². The summed E-state index contributed by atoms with van der Waals surface area (Å²) in [7, 11) is 4.15. The summed E-state index contributed by atoms with van der Waals surface area (Å²) in [5, 5.41) is 23.7. The van der Waals surface area contributed by atoms with Gasteiger partial charge in [0.05, 0.1) is 42.8 Å². The van der Waals surface area contributed by atoms with Gasteiger partial charge in [-0.25, -0.2) is 0 Å². The van der Waals surface area contributed by atoms with Crippen molar-refractivity contribution in [2.45, 2.75) is 0 Å². The molecule has 0 aliphatic rings. The average molecular weight is 479 g/mol. The van der Waals surface area contributed by atoms with Gasteiger partial charge in [0.1, 0.15) is 0 Å². The van der Waals surface area contributed by atoms with E-state index in [-0.39, 0.29) is 33.5 Å². The highest BCUT2D eigenvalue weighted by molar-refractivity contribution is 7.80. The molecule has 2 aromatic rings. The average Bonchev–Trinajstić information content (AvgIpc) is 2.80. The number of hydrazine groups is 1. The van der Waals surface area contributed by atoms with E-state index < -0.39 is 33.0 Å². The topological polar surface area (TPSA) is 184 Å². The van der Waals surface area contributed by atoms with Crippen LogP contribution in [0.15, 0.2) is 30.3 Å². The third-order valence-electron chi connectivity index (χ3n) is 4.03. The maximum atomic E-state index is 12.4. The molecular formula is C18H17N5O9S. The Morgan fingerprint density at radius 1 is 0.788 bits per heavy atom. The number of nitro groups is 2. The molecule has 2 rings (SSSR count). The first-order valence-electron chi connectivity index (χ1n) is 8.76. The number of hydrogen-bond donors (Lipinski definition) is 3. The lowest BCUT2D eigenvalue weighted by atomic mass is 10.1. The molecule has 0 fully saturated rings. The second-order valence-electron chi connectivity index (χ2n) is 6.03. The van der Waals surface area contributed by atoms with Crippen LogP contribution in [0.3, 0.4) is 0 Å². The highest BCUT2D eigenvalue weighted by Crippen LogP contribution is 2.38. The van der Waals surface area contributed by atoms with E-state index in [1.54, 1.807) is 0 Å². The van der Waals surface area contributed by atoms with E-state index in [1.165, 1.54) is 33.5 Å². The second kappa shape index (κ2) is 10.7. The zero-order valence-electron chi connectivity index (χ0n) is 17.4. The first kappa shape index (κ1) is 24.7. The highest BCUT2D eigenvalue weighted by Gasteiger charge is 2.21. The molecule has 2 amide bonds. The normalized spacial score (nSPS) is 9.91. The molecule has 0 atom stereocenters. The number of hydrogen-bond acceptors (Lipinski definition) is 10. The fourth-order valence-electron chi connectivity index (χ4n) is 2.54. The van der Waals surface area contributed by atoms with Gasteiger partial charge in [0.15, 0.2) is 16.6 Å². The lowest BCUT2D eigenvalue weighted by Crippen LogP contribution is -2.48. The third-order valence-corrected chi connectivity index (χ3v) is 4.23. The number of amides is 2. The number of carbonyl (C=O) groups excluding carboxylic acids is 2. The van der Waals surface area contributed by atoms with Crippen LogP contribution in [0.25, 0.3) is 0 Å². The monoisotopic (exact) mass is 479 g/mol. The molecule has 14 nitrogen and oxygen atoms in total. The summed E-state index contributed by atoms with van der Waals surface area (Å²) in [6.07, 6.45) is 0. The van der Waals surface area contributed by atoms with Gasteiger partial charge in [-0.1, -0.05) is 0 Å². The molecule has 0 unspecified atom stereocenters. The molecule has 0 aromatic heterocycles. The number of benzene rings is 2. The Morgan fingerprint density at radius 2 is 1.27 bits per heavy atom. The summed E-state index contributed by atoms with van der Waals surface area (Å²) in [5.41, 5.74) is 2.94. The van der Waals surface area contributed by atoms with Crippen molar-refractivity contribution in [3.63, 3.8) is 0 Å². The van der Waals surface area contributed by atoms with Gasteiger partial charge in [-0.05, 0) is 24.4 Å². The van der Waals surface area contributed by atoms with E-state index in [0.717, 1.165) is 12.1 Å². The van der Waals surface area contributed by atoms with E-state index in [1.807, 2.05) is 0 Å². The van der Waals surface area contributed by atoms with Crippen molar-refractivity contribution in [2.75, 3.05) is 21.3 Å². The maximum Gasteiger partial charge on any atom is 0.277 e. The Balaban J connectivity index is 2.10. The molecule has 2 aromatic carbocycles. The second-order valence-corrected chi connectivity index (χ2v) is 6.44. The maximum absolute atomic E-state index is 12.4. The van der Waals surface area contributed by atoms with Gasteiger partial charge in [-0.15, -0.1) is 0 Å². The molecule has 0 saturated heterocycles. The number of ether oxygens (including phenoxy) is 3. The third kappa shape index (κ3) is 6.01. The molecule has 3 N–H and O–H groups in total. The van der Waals surface area contributed by atoms with Crippen molar-refractivity contribution in [3.05, 3.63) is 61.7 Å². The highest BCUT2D eigenvalue weighted by atomic mass is 32.1. The zero-order chi connectivity index (χ0) is 24.7. The Morgan fingerprint density at radius 3 is 1.70 bits per heavy atom. The van der Waals surface area contributed by atoms with Crippen LogP contribution >= 0.6 is 12.2 Å². The zero-order valence-corrected chi connectivity index (χ0v) is 18.2. The number of nitro benzene ring substituents is 2. The van der Waals surface area contributed by atoms with E-state index >= 15 is 0 Å². The smallest absolute Gasteiger partial charge is 0.277 e. The van der Waals surface area contributed by atoms with Crippen LogP contribution in [-0.2, 0) is 0 Å². The van der Waals surface area contributed by atoms with Crippen LogP contribution in [0, 0.1) is 20.2 Å². The van der Waals surface area contributed by atoms with E-state index in [0.29, 0.717) is 6.07 Å². The lowest BCUT2D eigenvalue weighted by Gasteiger charge is -2.15. The SMILES string of the molecule is COc1cc(C(=O)NNC(=S)NC(=O)c2cc([N+](=O)[O-])cc([N+](=O)[O-])c2)cc(OC)c1OC. The molecule has 33 heavy (non-hydrogen) atoms. The number of non-ortho nitro benzene ring substituents is 2. The molecule has 0 bridgehead atoms. The Bertz CT molecular complexity index is 1080. The summed E-state index contributed by atoms with van der Waals surface area (Å²) >= 11 is 4.91. The van der Waals surface area contributed by atoms with Crippen molar-refractivity contribution in [2.24, 2.45) is 0 Å². The van der Waals surface area contributed by atoms with Gasteiger partial charge >= 0.3 is 0 Å². The molecule has 0 spiro atoms. The van der Waals surface area contributed by atoms with Gasteiger partial charge in [-0.3, -0.25) is 46.0 Å². The van der Waals surface area contributed by atoms with Crippen LogP contribution in [0.5, 0.6) is 17.2 Å². The predicted octanol–water partition coefficient (Wildman–Crippen LogP) is 1.48. The largest absolute Gasteiger partial charge is 0.493 e. The molecular weight excluding hydrogens is 462 g/mol. The first-order valence-corrected chi connectivity index (χ1v) is 9.17. The van der Waals surface area contributed by atoms with Gasteiger partial charge in [-0.2, -0.15) is 0 Å². The fraction of sp³-hybridized carbons (Fsp3) is 0.167. The number of carbonyl (C=O) groups is 2. The van der Waals surface area contributed by atoms with Crippen molar-refractivity contribution in [1.82, 2.24) is 16.2 Å². The Kier molecular flexibility index (Phi) is 8.00. The van der Waals surface area contributed by atoms with Crippen molar-refractivity contribution >= 4 is 40.5 Å². The number of rotatable bonds is 7. The summed E-state index contributed by atoms with van der Waals surface area (Å²) in [5.74, 6) is -0.924. The number of methoxy groups -OCH3 is 3. The van der Waals surface area contributed by atoms with Crippen LogP contribution < -0.4 is 30.4 Å². The molecule has 174 valence electrons. The van der Waals surface area contributed by atoms with Crippen LogP contribution in [0.4, 0.5) is 11.4 Å². The molecule has 0 aliphatic carbocycles. The van der Waals surface area contributed by atoms with E-state index in [9.17, 15) is 29.8 Å². The van der Waals surface area contributed by atoms with E-state index in [4.69, 9.17) is 26.4 Å². The summed E-state index contributed by atoms with van der Waals surface area (Å²) in [6, 6.07) is 5.16. The number of nitrogens with one attached hydrogen (secondary N) is 3. The van der Waals surface area contributed by atoms with Gasteiger partial charge < -0.3 is 14.2 Å². The summed E-state index contributed by atoms with van der Waals surface area (Å²) in [4.78, 5) is 44.9. The molecule has 0 radical (unpaired) electrons. The van der Waals surface area contributed by atoms with Crippen molar-refractivity contribution < 1.29 is 33.6 Å². The van der Waals surface area contributed by atoms with Crippen LogP contribution in [-0.4, -0.2) is 48.1 Å².